The Morgan fingerprint density at radius 3 is 1.65 bits per heavy atom. The highest BCUT2D eigenvalue weighted by atomic mass is 32.1. The highest BCUT2D eigenvalue weighted by Gasteiger charge is 1.98. The van der Waals surface area contributed by atoms with Crippen molar-refractivity contribution < 1.29 is 9.05 Å². The molecule has 34 heavy (non-hydrogen) atoms. The molecule has 0 fully saturated rings. The normalized spacial score (nSPS) is 10.4. The SMILES string of the molecule is CCCNC(=S)NCCNCc1ccon1.CN(C)CCNC(=S)NCCNCc1ccon1. The van der Waals surface area contributed by atoms with Crippen molar-refractivity contribution in [2.75, 3.05) is 59.9 Å². The molecule has 2 aromatic rings. The first kappa shape index (κ1) is 29.7. The molecule has 0 atom stereocenters. The fourth-order valence-corrected chi connectivity index (χ4v) is 2.78. The number of hydrogen-bond acceptors (Lipinski definition) is 9. The van der Waals surface area contributed by atoms with Gasteiger partial charge in [-0.25, -0.2) is 0 Å². The van der Waals surface area contributed by atoms with Gasteiger partial charge in [-0.15, -0.1) is 0 Å². The lowest BCUT2D eigenvalue weighted by Crippen LogP contribution is -2.41. The minimum Gasteiger partial charge on any atom is -0.364 e. The van der Waals surface area contributed by atoms with Gasteiger partial charge in [0.15, 0.2) is 10.2 Å². The molecule has 2 rings (SSSR count). The van der Waals surface area contributed by atoms with Gasteiger partial charge in [0.25, 0.3) is 0 Å². The number of thiocarbonyl (C=S) groups is 2. The highest BCUT2D eigenvalue weighted by Crippen LogP contribution is 1.92. The molecule has 11 nitrogen and oxygen atoms in total. The van der Waals surface area contributed by atoms with E-state index < -0.39 is 0 Å². The maximum Gasteiger partial charge on any atom is 0.166 e. The lowest BCUT2D eigenvalue weighted by molar-refractivity contribution is 0.408. The van der Waals surface area contributed by atoms with Crippen molar-refractivity contribution in [3.63, 3.8) is 0 Å². The van der Waals surface area contributed by atoms with Crippen LogP contribution in [0.4, 0.5) is 0 Å². The lowest BCUT2D eigenvalue weighted by Gasteiger charge is -2.13. The van der Waals surface area contributed by atoms with Gasteiger partial charge in [0.1, 0.15) is 12.5 Å². The summed E-state index contributed by atoms with van der Waals surface area (Å²) in [6, 6.07) is 3.68. The first-order valence-corrected chi connectivity index (χ1v) is 12.2. The molecular formula is C21H39N9O2S2. The van der Waals surface area contributed by atoms with Gasteiger partial charge in [0.05, 0.1) is 11.4 Å². The van der Waals surface area contributed by atoms with E-state index in [9.17, 15) is 0 Å². The van der Waals surface area contributed by atoms with E-state index in [2.05, 4.69) is 54.0 Å². The number of hydrogen-bond donors (Lipinski definition) is 6. The molecule has 0 aliphatic heterocycles. The first-order chi connectivity index (χ1) is 16.5. The number of rotatable bonds is 15. The van der Waals surface area contributed by atoms with E-state index >= 15 is 0 Å². The Hall–Kier alpha value is -2.32. The van der Waals surface area contributed by atoms with Crippen LogP contribution >= 0.6 is 24.4 Å². The summed E-state index contributed by atoms with van der Waals surface area (Å²) in [5, 5.41) is 28.0. The molecular weight excluding hydrogens is 474 g/mol. The molecule has 0 saturated carbocycles. The van der Waals surface area contributed by atoms with E-state index in [0.29, 0.717) is 23.3 Å². The van der Waals surface area contributed by atoms with Crippen molar-refractivity contribution in [2.45, 2.75) is 26.4 Å². The molecule has 0 radical (unpaired) electrons. The van der Waals surface area contributed by atoms with Crippen LogP contribution in [0.5, 0.6) is 0 Å². The zero-order valence-electron chi connectivity index (χ0n) is 20.4. The van der Waals surface area contributed by atoms with Gasteiger partial charge < -0.3 is 45.8 Å². The minimum absolute atomic E-state index is 0.695. The Labute approximate surface area is 213 Å². The molecule has 0 unspecified atom stereocenters. The third-order valence-electron chi connectivity index (χ3n) is 4.15. The van der Waals surface area contributed by atoms with Gasteiger partial charge in [-0.1, -0.05) is 17.2 Å². The molecule has 192 valence electrons. The molecule has 0 saturated heterocycles. The van der Waals surface area contributed by atoms with Crippen molar-refractivity contribution in [1.82, 2.24) is 47.1 Å². The van der Waals surface area contributed by atoms with E-state index in [4.69, 9.17) is 33.5 Å². The quantitative estimate of drug-likeness (QED) is 0.146. The van der Waals surface area contributed by atoms with E-state index in [1.807, 2.05) is 26.2 Å². The zero-order valence-corrected chi connectivity index (χ0v) is 22.0. The number of aromatic nitrogens is 2. The molecule has 0 bridgehead atoms. The second kappa shape index (κ2) is 20.1. The molecule has 2 aromatic heterocycles. The van der Waals surface area contributed by atoms with Crippen LogP contribution in [-0.4, -0.2) is 85.3 Å². The van der Waals surface area contributed by atoms with Crippen LogP contribution in [0.3, 0.4) is 0 Å². The van der Waals surface area contributed by atoms with Gasteiger partial charge in [0, 0.05) is 71.0 Å². The number of nitrogens with one attached hydrogen (secondary N) is 6. The molecule has 0 spiro atoms. The van der Waals surface area contributed by atoms with E-state index in [1.165, 1.54) is 0 Å². The summed E-state index contributed by atoms with van der Waals surface area (Å²) in [6.07, 6.45) is 4.21. The van der Waals surface area contributed by atoms with Gasteiger partial charge in [0.2, 0.25) is 0 Å². The molecule has 6 N–H and O–H groups in total. The first-order valence-electron chi connectivity index (χ1n) is 11.4. The zero-order chi connectivity index (χ0) is 24.9. The molecule has 2 heterocycles. The second-order valence-corrected chi connectivity index (χ2v) is 8.32. The average Bonchev–Trinajstić information content (AvgIpc) is 3.52. The number of likely N-dealkylation sites (N-methyl/N-ethyl adjacent to an activating group) is 1. The summed E-state index contributed by atoms with van der Waals surface area (Å²) in [5.74, 6) is 0. The van der Waals surface area contributed by atoms with Crippen molar-refractivity contribution in [3.05, 3.63) is 36.0 Å². The third kappa shape index (κ3) is 17.2. The minimum atomic E-state index is 0.695. The lowest BCUT2D eigenvalue weighted by atomic mass is 10.4. The monoisotopic (exact) mass is 513 g/mol. The van der Waals surface area contributed by atoms with E-state index in [0.717, 1.165) is 63.6 Å². The summed E-state index contributed by atoms with van der Waals surface area (Å²) < 4.78 is 9.45. The topological polar surface area (TPSA) is 127 Å². The Morgan fingerprint density at radius 2 is 1.24 bits per heavy atom. The Balaban J connectivity index is 0.000000342. The van der Waals surface area contributed by atoms with Gasteiger partial charge in [-0.2, -0.15) is 0 Å². The molecule has 0 amide bonds. The summed E-state index contributed by atoms with van der Waals surface area (Å²) in [6.45, 7) is 9.50. The van der Waals surface area contributed by atoms with Gasteiger partial charge in [-0.3, -0.25) is 0 Å². The Kier molecular flexibility index (Phi) is 17.6. The van der Waals surface area contributed by atoms with Crippen LogP contribution in [0.25, 0.3) is 0 Å². The standard InChI is InChI=1S/C11H21N5OS.C10H18N4OS/c1-16(2)7-6-14-11(18)13-5-4-12-9-10-3-8-17-15-10;1-2-4-12-10(16)13-6-5-11-8-9-3-7-15-14-9/h3,8,12H,4-7,9H2,1-2H3,(H2,13,14,18);3,7,11H,2,4-6,8H2,1H3,(H2,12,13,16). The predicted molar refractivity (Wildman–Crippen MR) is 142 cm³/mol. The van der Waals surface area contributed by atoms with Crippen LogP contribution < -0.4 is 31.9 Å². The summed E-state index contributed by atoms with van der Waals surface area (Å²) >= 11 is 10.2. The molecule has 13 heteroatoms. The Bertz CT molecular complexity index is 744. The fourth-order valence-electron chi connectivity index (χ4n) is 2.38. The van der Waals surface area contributed by atoms with Crippen molar-refractivity contribution in [2.24, 2.45) is 0 Å². The Morgan fingerprint density at radius 1 is 0.765 bits per heavy atom. The molecule has 0 aliphatic carbocycles. The van der Waals surface area contributed by atoms with Crippen LogP contribution in [0.15, 0.2) is 33.7 Å². The van der Waals surface area contributed by atoms with Gasteiger partial charge in [-0.05, 0) is 45.0 Å². The van der Waals surface area contributed by atoms with Gasteiger partial charge >= 0.3 is 0 Å². The van der Waals surface area contributed by atoms with E-state index in [-0.39, 0.29) is 0 Å². The second-order valence-electron chi connectivity index (χ2n) is 7.50. The maximum atomic E-state index is 5.14. The van der Waals surface area contributed by atoms with Crippen molar-refractivity contribution in [3.8, 4) is 0 Å². The van der Waals surface area contributed by atoms with Crippen LogP contribution in [-0.2, 0) is 13.1 Å². The highest BCUT2D eigenvalue weighted by molar-refractivity contribution is 7.80. The van der Waals surface area contributed by atoms with Crippen LogP contribution in [0, 0.1) is 0 Å². The fraction of sp³-hybridized carbons (Fsp3) is 0.619. The van der Waals surface area contributed by atoms with Crippen LogP contribution in [0.1, 0.15) is 24.7 Å². The van der Waals surface area contributed by atoms with Crippen molar-refractivity contribution in [1.29, 1.82) is 0 Å². The van der Waals surface area contributed by atoms with Crippen LogP contribution in [0.2, 0.25) is 0 Å². The smallest absolute Gasteiger partial charge is 0.166 e. The molecule has 0 aromatic carbocycles. The predicted octanol–water partition coefficient (Wildman–Crippen LogP) is 0.428. The summed E-state index contributed by atoms with van der Waals surface area (Å²) in [5.41, 5.74) is 1.81. The van der Waals surface area contributed by atoms with E-state index in [1.54, 1.807) is 12.5 Å². The average molecular weight is 514 g/mol. The van der Waals surface area contributed by atoms with Crippen molar-refractivity contribution >= 4 is 34.7 Å². The largest absolute Gasteiger partial charge is 0.364 e. The molecule has 0 aliphatic rings. The maximum absolute atomic E-state index is 5.14. The summed E-state index contributed by atoms with van der Waals surface area (Å²) in [4.78, 5) is 2.11. The third-order valence-corrected chi connectivity index (χ3v) is 4.73. The number of nitrogens with zero attached hydrogens (tertiary/aromatic N) is 3. The summed E-state index contributed by atoms with van der Waals surface area (Å²) in [7, 11) is 4.07.